The highest BCUT2D eigenvalue weighted by atomic mass is 35.5. The van der Waals surface area contributed by atoms with Crippen molar-refractivity contribution in [1.29, 1.82) is 0 Å². The highest BCUT2D eigenvalue weighted by Gasteiger charge is 2.05. The SMILES string of the molecule is COc1ccc(-c2cc(=O)[nH]c(Nc3ccc(Cl)cc3)n2)cc1. The molecule has 116 valence electrons. The number of anilines is 2. The Morgan fingerprint density at radius 2 is 1.78 bits per heavy atom. The molecule has 1 heterocycles. The van der Waals surface area contributed by atoms with Crippen LogP contribution in [0.4, 0.5) is 11.6 Å². The predicted octanol–water partition coefficient (Wildman–Crippen LogP) is 3.84. The number of methoxy groups -OCH3 is 1. The highest BCUT2D eigenvalue weighted by Crippen LogP contribution is 2.21. The van der Waals surface area contributed by atoms with Crippen LogP contribution in [-0.4, -0.2) is 17.1 Å². The number of H-pyrrole nitrogens is 1. The Morgan fingerprint density at radius 3 is 2.43 bits per heavy atom. The lowest BCUT2D eigenvalue weighted by Gasteiger charge is -2.08. The van der Waals surface area contributed by atoms with Gasteiger partial charge >= 0.3 is 0 Å². The van der Waals surface area contributed by atoms with Crippen LogP contribution in [0.3, 0.4) is 0 Å². The van der Waals surface area contributed by atoms with Gasteiger partial charge in [0.1, 0.15) is 5.75 Å². The minimum atomic E-state index is -0.234. The van der Waals surface area contributed by atoms with Gasteiger partial charge in [-0.1, -0.05) is 11.6 Å². The molecule has 6 heteroatoms. The Hall–Kier alpha value is -2.79. The minimum Gasteiger partial charge on any atom is -0.497 e. The molecule has 0 radical (unpaired) electrons. The predicted molar refractivity (Wildman–Crippen MR) is 91.6 cm³/mol. The zero-order valence-corrected chi connectivity index (χ0v) is 13.1. The topological polar surface area (TPSA) is 67.0 Å². The van der Waals surface area contributed by atoms with Gasteiger partial charge in [0.25, 0.3) is 5.56 Å². The maximum Gasteiger partial charge on any atom is 0.252 e. The fraction of sp³-hybridized carbons (Fsp3) is 0.0588. The second-order valence-electron chi connectivity index (χ2n) is 4.84. The molecule has 0 bridgehead atoms. The molecule has 1 aromatic heterocycles. The van der Waals surface area contributed by atoms with E-state index in [0.29, 0.717) is 16.7 Å². The van der Waals surface area contributed by atoms with Gasteiger partial charge in [-0.05, 0) is 48.5 Å². The average Bonchev–Trinajstić information content (AvgIpc) is 2.56. The van der Waals surface area contributed by atoms with E-state index < -0.39 is 0 Å². The van der Waals surface area contributed by atoms with E-state index in [1.165, 1.54) is 6.07 Å². The van der Waals surface area contributed by atoms with Crippen LogP contribution >= 0.6 is 11.6 Å². The fourth-order valence-corrected chi connectivity index (χ4v) is 2.22. The van der Waals surface area contributed by atoms with Crippen molar-refractivity contribution in [1.82, 2.24) is 9.97 Å². The number of ether oxygens (including phenoxy) is 1. The molecule has 0 atom stereocenters. The van der Waals surface area contributed by atoms with E-state index >= 15 is 0 Å². The first kappa shape index (κ1) is 15.1. The lowest BCUT2D eigenvalue weighted by atomic mass is 10.1. The molecule has 0 spiro atoms. The Kier molecular flexibility index (Phi) is 4.30. The molecular formula is C17H14ClN3O2. The summed E-state index contributed by atoms with van der Waals surface area (Å²) in [6.45, 7) is 0. The minimum absolute atomic E-state index is 0.234. The van der Waals surface area contributed by atoms with Crippen LogP contribution in [-0.2, 0) is 0 Å². The summed E-state index contributed by atoms with van der Waals surface area (Å²) in [5.74, 6) is 1.11. The van der Waals surface area contributed by atoms with Crippen molar-refractivity contribution in [2.75, 3.05) is 12.4 Å². The van der Waals surface area contributed by atoms with E-state index in [-0.39, 0.29) is 5.56 Å². The van der Waals surface area contributed by atoms with Gasteiger partial charge < -0.3 is 10.1 Å². The highest BCUT2D eigenvalue weighted by molar-refractivity contribution is 6.30. The number of aromatic nitrogens is 2. The number of aromatic amines is 1. The molecule has 0 fully saturated rings. The molecule has 2 N–H and O–H groups in total. The van der Waals surface area contributed by atoms with Gasteiger partial charge in [0.2, 0.25) is 5.95 Å². The van der Waals surface area contributed by atoms with E-state index in [1.54, 1.807) is 19.2 Å². The van der Waals surface area contributed by atoms with Crippen LogP contribution in [0, 0.1) is 0 Å². The van der Waals surface area contributed by atoms with Crippen molar-refractivity contribution in [2.45, 2.75) is 0 Å². The summed E-state index contributed by atoms with van der Waals surface area (Å²) in [6, 6.07) is 15.9. The van der Waals surface area contributed by atoms with Crippen LogP contribution in [0.1, 0.15) is 0 Å². The molecule has 3 aromatic rings. The Balaban J connectivity index is 1.91. The number of halogens is 1. The van der Waals surface area contributed by atoms with Crippen molar-refractivity contribution in [3.8, 4) is 17.0 Å². The van der Waals surface area contributed by atoms with Gasteiger partial charge in [0.15, 0.2) is 0 Å². The van der Waals surface area contributed by atoms with Crippen molar-refractivity contribution >= 4 is 23.2 Å². The quantitative estimate of drug-likeness (QED) is 0.764. The first-order valence-electron chi connectivity index (χ1n) is 6.92. The molecular weight excluding hydrogens is 314 g/mol. The molecule has 0 aliphatic carbocycles. The molecule has 0 aliphatic rings. The summed E-state index contributed by atoms with van der Waals surface area (Å²) in [7, 11) is 1.61. The average molecular weight is 328 g/mol. The van der Waals surface area contributed by atoms with Gasteiger partial charge in [-0.2, -0.15) is 0 Å². The molecule has 0 saturated carbocycles. The van der Waals surface area contributed by atoms with Crippen LogP contribution in [0.25, 0.3) is 11.3 Å². The van der Waals surface area contributed by atoms with Crippen LogP contribution < -0.4 is 15.6 Å². The van der Waals surface area contributed by atoms with Crippen molar-refractivity contribution in [2.24, 2.45) is 0 Å². The zero-order chi connectivity index (χ0) is 16.2. The molecule has 0 saturated heterocycles. The molecule has 23 heavy (non-hydrogen) atoms. The second kappa shape index (κ2) is 6.54. The Bertz CT molecular complexity index is 858. The van der Waals surface area contributed by atoms with Gasteiger partial charge in [-0.15, -0.1) is 0 Å². The molecule has 0 aliphatic heterocycles. The molecule has 0 unspecified atom stereocenters. The van der Waals surface area contributed by atoms with E-state index in [0.717, 1.165) is 17.0 Å². The zero-order valence-electron chi connectivity index (χ0n) is 12.3. The molecule has 0 amide bonds. The second-order valence-corrected chi connectivity index (χ2v) is 5.28. The summed E-state index contributed by atoms with van der Waals surface area (Å²) in [6.07, 6.45) is 0. The standard InChI is InChI=1S/C17H14ClN3O2/c1-23-14-8-2-11(3-9-14)15-10-16(22)21-17(20-15)19-13-6-4-12(18)5-7-13/h2-10H,1H3,(H2,19,20,21,22). The van der Waals surface area contributed by atoms with Crippen LogP contribution in [0.5, 0.6) is 5.75 Å². The molecule has 2 aromatic carbocycles. The largest absolute Gasteiger partial charge is 0.497 e. The lowest BCUT2D eigenvalue weighted by Crippen LogP contribution is -2.10. The van der Waals surface area contributed by atoms with Gasteiger partial charge in [0.05, 0.1) is 12.8 Å². The lowest BCUT2D eigenvalue weighted by molar-refractivity contribution is 0.415. The third-order valence-corrected chi connectivity index (χ3v) is 3.49. The smallest absolute Gasteiger partial charge is 0.252 e. The normalized spacial score (nSPS) is 10.3. The fourth-order valence-electron chi connectivity index (χ4n) is 2.10. The molecule has 5 nitrogen and oxygen atoms in total. The maximum absolute atomic E-state index is 11.9. The summed E-state index contributed by atoms with van der Waals surface area (Å²) in [5.41, 5.74) is 1.95. The van der Waals surface area contributed by atoms with Crippen molar-refractivity contribution in [3.05, 3.63) is 70.0 Å². The first-order chi connectivity index (χ1) is 11.1. The maximum atomic E-state index is 11.9. The summed E-state index contributed by atoms with van der Waals surface area (Å²) >= 11 is 5.86. The van der Waals surface area contributed by atoms with Crippen LogP contribution in [0.15, 0.2) is 59.4 Å². The van der Waals surface area contributed by atoms with Gasteiger partial charge in [-0.25, -0.2) is 4.98 Å². The number of nitrogens with zero attached hydrogens (tertiary/aromatic N) is 1. The number of hydrogen-bond donors (Lipinski definition) is 2. The third kappa shape index (κ3) is 3.70. The Labute approximate surface area is 137 Å². The number of nitrogens with one attached hydrogen (secondary N) is 2. The van der Waals surface area contributed by atoms with Gasteiger partial charge in [0, 0.05) is 22.3 Å². The Morgan fingerprint density at radius 1 is 1.09 bits per heavy atom. The van der Waals surface area contributed by atoms with E-state index in [1.807, 2.05) is 36.4 Å². The monoisotopic (exact) mass is 327 g/mol. The summed E-state index contributed by atoms with van der Waals surface area (Å²) in [4.78, 5) is 19.0. The third-order valence-electron chi connectivity index (χ3n) is 3.23. The summed E-state index contributed by atoms with van der Waals surface area (Å²) < 4.78 is 5.13. The first-order valence-corrected chi connectivity index (χ1v) is 7.30. The van der Waals surface area contributed by atoms with Gasteiger partial charge in [-0.3, -0.25) is 9.78 Å². The van der Waals surface area contributed by atoms with Crippen LogP contribution in [0.2, 0.25) is 5.02 Å². The number of rotatable bonds is 4. The van der Waals surface area contributed by atoms with Crippen molar-refractivity contribution < 1.29 is 4.74 Å². The van der Waals surface area contributed by atoms with E-state index in [4.69, 9.17) is 16.3 Å². The number of benzene rings is 2. The molecule has 3 rings (SSSR count). The van der Waals surface area contributed by atoms with Crippen molar-refractivity contribution in [3.63, 3.8) is 0 Å². The van der Waals surface area contributed by atoms with E-state index in [9.17, 15) is 4.79 Å². The van der Waals surface area contributed by atoms with E-state index in [2.05, 4.69) is 15.3 Å². The number of hydrogen-bond acceptors (Lipinski definition) is 4. The summed E-state index contributed by atoms with van der Waals surface area (Å²) in [5, 5.41) is 3.70.